The van der Waals surface area contributed by atoms with Gasteiger partial charge in [0, 0.05) is 36.7 Å². The number of esters is 2. The van der Waals surface area contributed by atoms with Crippen molar-refractivity contribution in [1.29, 1.82) is 0 Å². The van der Waals surface area contributed by atoms with Crippen LogP contribution in [0.3, 0.4) is 0 Å². The number of carbonyl (C=O) groups excluding carboxylic acids is 4. The Morgan fingerprint density at radius 3 is 2.41 bits per heavy atom. The van der Waals surface area contributed by atoms with Crippen LogP contribution in [0.2, 0.25) is 0 Å². The van der Waals surface area contributed by atoms with Crippen LogP contribution < -0.4 is 0 Å². The lowest BCUT2D eigenvalue weighted by atomic mass is 9.45. The zero-order chi connectivity index (χ0) is 27.4. The van der Waals surface area contributed by atoms with E-state index in [2.05, 4.69) is 6.92 Å². The van der Waals surface area contributed by atoms with Gasteiger partial charge in [-0.25, -0.2) is 0 Å². The van der Waals surface area contributed by atoms with E-state index in [4.69, 9.17) is 25.8 Å². The van der Waals surface area contributed by atoms with Gasteiger partial charge in [-0.2, -0.15) is 0 Å². The average Bonchev–Trinajstić information content (AvgIpc) is 3.09. The zero-order valence-electron chi connectivity index (χ0n) is 22.7. The van der Waals surface area contributed by atoms with Gasteiger partial charge < -0.3 is 14.2 Å². The predicted molar refractivity (Wildman–Crippen MR) is 138 cm³/mol. The molecule has 7 nitrogen and oxygen atoms in total. The van der Waals surface area contributed by atoms with Crippen LogP contribution >= 0.6 is 11.6 Å². The SMILES string of the molecule is CCC(=O)OCC(=O)[C@@]1(OC(=O)CC)[C@@H](C)C[C@H]2[C@@H]3CCC4=CC(=O)C=C[C@]4(C)[C@@]3(Cl)[C@@H](OC)C[C@@]21C. The predicted octanol–water partition coefficient (Wildman–Crippen LogP) is 4.74. The van der Waals surface area contributed by atoms with E-state index < -0.39 is 51.7 Å². The van der Waals surface area contributed by atoms with Gasteiger partial charge in [0.25, 0.3) is 0 Å². The fraction of sp³-hybridized carbons (Fsp3) is 0.724. The summed E-state index contributed by atoms with van der Waals surface area (Å²) in [5.74, 6) is -1.79. The average molecular weight is 535 g/mol. The maximum atomic E-state index is 14.0. The summed E-state index contributed by atoms with van der Waals surface area (Å²) in [7, 11) is 1.62. The first kappa shape index (κ1) is 28.0. The quantitative estimate of drug-likeness (QED) is 0.344. The van der Waals surface area contributed by atoms with Gasteiger partial charge in [0.1, 0.15) is 0 Å². The standard InChI is InChI=1S/C29H39ClO7/c1-7-24(33)36-16-22(32)29(37-25(34)8-2)17(3)13-21-20-10-9-18-14-19(31)11-12-26(18,4)28(20,30)23(35-6)15-27(21,29)5/h11-12,14,17,20-21,23H,7-10,13,15-16H2,1-6H3/t17-,20-,21-,23-,26-,27-,28-,29-/m0/s1. The summed E-state index contributed by atoms with van der Waals surface area (Å²) in [4.78, 5) is 50.1. The molecule has 0 heterocycles. The first-order chi connectivity index (χ1) is 17.3. The third-order valence-corrected chi connectivity index (χ3v) is 11.0. The Kier molecular flexibility index (Phi) is 7.30. The van der Waals surface area contributed by atoms with Crippen molar-refractivity contribution in [3.05, 3.63) is 23.8 Å². The summed E-state index contributed by atoms with van der Waals surface area (Å²) in [6, 6.07) is 0. The second-order valence-corrected chi connectivity index (χ2v) is 12.2. The molecule has 4 rings (SSSR count). The molecule has 204 valence electrons. The van der Waals surface area contributed by atoms with Gasteiger partial charge in [-0.15, -0.1) is 11.6 Å². The number of rotatable bonds is 7. The zero-order valence-corrected chi connectivity index (χ0v) is 23.5. The summed E-state index contributed by atoms with van der Waals surface area (Å²) in [6.45, 7) is 8.96. The van der Waals surface area contributed by atoms with E-state index in [1.165, 1.54) is 0 Å². The van der Waals surface area contributed by atoms with E-state index in [0.29, 0.717) is 19.3 Å². The van der Waals surface area contributed by atoms with Gasteiger partial charge in [0.05, 0.1) is 11.0 Å². The number of Topliss-reactive ketones (excluding diaryl/α,β-unsaturated/α-hetero) is 1. The van der Waals surface area contributed by atoms with E-state index in [1.54, 1.807) is 33.1 Å². The van der Waals surface area contributed by atoms with Gasteiger partial charge in [-0.05, 0) is 49.7 Å². The minimum Gasteiger partial charge on any atom is -0.457 e. The lowest BCUT2D eigenvalue weighted by molar-refractivity contribution is -0.205. The number of carbonyl (C=O) groups is 4. The van der Waals surface area contributed by atoms with Crippen molar-refractivity contribution in [3.8, 4) is 0 Å². The molecule has 0 saturated heterocycles. The molecule has 0 N–H and O–H groups in total. The van der Waals surface area contributed by atoms with Gasteiger partial charge in [-0.1, -0.05) is 46.3 Å². The second kappa shape index (κ2) is 9.64. The molecule has 37 heavy (non-hydrogen) atoms. The summed E-state index contributed by atoms with van der Waals surface area (Å²) in [6.07, 6.45) is 7.48. The smallest absolute Gasteiger partial charge is 0.306 e. The fourth-order valence-electron chi connectivity index (χ4n) is 8.22. The highest BCUT2D eigenvalue weighted by Crippen LogP contribution is 2.72. The maximum absolute atomic E-state index is 14.0. The largest absolute Gasteiger partial charge is 0.457 e. The number of fused-ring (bicyclic) bond motifs is 5. The molecule has 4 aliphatic carbocycles. The number of hydrogen-bond acceptors (Lipinski definition) is 7. The van der Waals surface area contributed by atoms with E-state index in [1.807, 2.05) is 19.9 Å². The van der Waals surface area contributed by atoms with Crippen LogP contribution in [0.25, 0.3) is 0 Å². The molecule has 0 aromatic heterocycles. The van der Waals surface area contributed by atoms with Crippen molar-refractivity contribution >= 4 is 35.1 Å². The molecule has 8 atom stereocenters. The Labute approximate surface area is 224 Å². The number of halogens is 1. The van der Waals surface area contributed by atoms with Crippen molar-refractivity contribution in [2.75, 3.05) is 13.7 Å². The first-order valence-corrected chi connectivity index (χ1v) is 13.8. The van der Waals surface area contributed by atoms with Gasteiger partial charge in [0.15, 0.2) is 18.0 Å². The summed E-state index contributed by atoms with van der Waals surface area (Å²) < 4.78 is 17.6. The number of allylic oxidation sites excluding steroid dienone is 4. The summed E-state index contributed by atoms with van der Waals surface area (Å²) in [5.41, 5.74) is -1.84. The van der Waals surface area contributed by atoms with Crippen molar-refractivity contribution in [2.45, 2.75) is 89.7 Å². The van der Waals surface area contributed by atoms with Crippen LogP contribution in [0.5, 0.6) is 0 Å². The minimum atomic E-state index is -1.47. The molecule has 0 aromatic carbocycles. The maximum Gasteiger partial charge on any atom is 0.306 e. The number of ether oxygens (including phenoxy) is 3. The van der Waals surface area contributed by atoms with Crippen molar-refractivity contribution < 1.29 is 33.4 Å². The highest BCUT2D eigenvalue weighted by Gasteiger charge is 2.76. The van der Waals surface area contributed by atoms with E-state index in [0.717, 1.165) is 12.0 Å². The molecule has 0 bridgehead atoms. The molecule has 0 aliphatic heterocycles. The van der Waals surface area contributed by atoms with Crippen LogP contribution in [-0.4, -0.2) is 53.8 Å². The Bertz CT molecular complexity index is 1060. The van der Waals surface area contributed by atoms with Gasteiger partial charge in [0.2, 0.25) is 5.78 Å². The molecular formula is C29H39ClO7. The molecule has 0 unspecified atom stereocenters. The van der Waals surface area contributed by atoms with Crippen molar-refractivity contribution in [3.63, 3.8) is 0 Å². The fourth-order valence-corrected chi connectivity index (χ4v) is 8.84. The molecule has 4 aliphatic rings. The van der Waals surface area contributed by atoms with Gasteiger partial charge >= 0.3 is 11.9 Å². The topological polar surface area (TPSA) is 96.0 Å². The summed E-state index contributed by atoms with van der Waals surface area (Å²) in [5, 5.41) is 0. The van der Waals surface area contributed by atoms with E-state index >= 15 is 0 Å². The van der Waals surface area contributed by atoms with Crippen LogP contribution in [0.4, 0.5) is 0 Å². The molecule has 3 fully saturated rings. The monoisotopic (exact) mass is 534 g/mol. The van der Waals surface area contributed by atoms with Gasteiger partial charge in [-0.3, -0.25) is 19.2 Å². The molecule has 0 spiro atoms. The molecule has 0 aromatic rings. The summed E-state index contributed by atoms with van der Waals surface area (Å²) >= 11 is 7.72. The lowest BCUT2D eigenvalue weighted by Gasteiger charge is -2.64. The number of alkyl halides is 1. The molecule has 3 saturated carbocycles. The van der Waals surface area contributed by atoms with Crippen molar-refractivity contribution in [2.24, 2.45) is 28.6 Å². The normalized spacial score (nSPS) is 42.2. The minimum absolute atomic E-state index is 0.0342. The number of hydrogen-bond donors (Lipinski definition) is 0. The van der Waals surface area contributed by atoms with Crippen molar-refractivity contribution in [1.82, 2.24) is 0 Å². The van der Waals surface area contributed by atoms with Crippen LogP contribution in [0.15, 0.2) is 23.8 Å². The Balaban J connectivity index is 1.83. The molecule has 8 heteroatoms. The Morgan fingerprint density at radius 2 is 1.78 bits per heavy atom. The highest BCUT2D eigenvalue weighted by molar-refractivity contribution is 6.26. The van der Waals surface area contributed by atoms with Crippen LogP contribution in [0, 0.1) is 28.6 Å². The van der Waals surface area contributed by atoms with E-state index in [-0.39, 0.29) is 36.4 Å². The molecule has 0 radical (unpaired) electrons. The number of ketones is 2. The van der Waals surface area contributed by atoms with Crippen LogP contribution in [0.1, 0.15) is 73.1 Å². The van der Waals surface area contributed by atoms with Crippen LogP contribution in [-0.2, 0) is 33.4 Å². The third-order valence-electron chi connectivity index (χ3n) is 10.1. The Hall–Kier alpha value is -1.99. The third kappa shape index (κ3) is 3.78. The Morgan fingerprint density at radius 1 is 1.11 bits per heavy atom. The number of methoxy groups -OCH3 is 1. The lowest BCUT2D eigenvalue weighted by Crippen LogP contribution is -2.70. The van der Waals surface area contributed by atoms with E-state index in [9.17, 15) is 19.2 Å². The molecular weight excluding hydrogens is 496 g/mol. The first-order valence-electron chi connectivity index (χ1n) is 13.4. The highest BCUT2D eigenvalue weighted by atomic mass is 35.5. The second-order valence-electron chi connectivity index (χ2n) is 11.6. The molecule has 0 amide bonds.